The van der Waals surface area contributed by atoms with Crippen LogP contribution in [0, 0.1) is 12.3 Å². The molecule has 0 bridgehead atoms. The summed E-state index contributed by atoms with van der Waals surface area (Å²) in [6.45, 7) is 6.75. The molecule has 0 aromatic carbocycles. The van der Waals surface area contributed by atoms with E-state index >= 15 is 0 Å². The molecule has 0 spiro atoms. The van der Waals surface area contributed by atoms with Gasteiger partial charge < -0.3 is 19.6 Å². The number of hydrogen-bond donors (Lipinski definition) is 2. The summed E-state index contributed by atoms with van der Waals surface area (Å²) < 4.78 is 10.5. The second-order valence-electron chi connectivity index (χ2n) is 4.89. The minimum Gasteiger partial charge on any atom is -0.478 e. The number of nitrogens with one attached hydrogen (secondary N) is 1. The van der Waals surface area contributed by atoms with Gasteiger partial charge in [-0.15, -0.1) is 0 Å². The van der Waals surface area contributed by atoms with Gasteiger partial charge in [0.25, 0.3) is 0 Å². The molecular formula is C12H17NO4. The number of furan rings is 1. The molecule has 5 heteroatoms. The highest BCUT2D eigenvalue weighted by Crippen LogP contribution is 2.25. The highest BCUT2D eigenvalue weighted by molar-refractivity contribution is 5.88. The van der Waals surface area contributed by atoms with Gasteiger partial charge in [0, 0.05) is 12.0 Å². The Kier molecular flexibility index (Phi) is 3.22. The molecule has 17 heavy (non-hydrogen) atoms. The highest BCUT2D eigenvalue weighted by atomic mass is 16.5. The predicted molar refractivity (Wildman–Crippen MR) is 61.0 cm³/mol. The summed E-state index contributed by atoms with van der Waals surface area (Å²) in [4.78, 5) is 10.8. The Bertz CT molecular complexity index is 420. The fourth-order valence-corrected chi connectivity index (χ4v) is 1.88. The summed E-state index contributed by atoms with van der Waals surface area (Å²) in [5.41, 5.74) is 0.442. The molecule has 0 unspecified atom stereocenters. The number of rotatable bonds is 5. The van der Waals surface area contributed by atoms with Crippen LogP contribution in [-0.2, 0) is 11.3 Å². The molecule has 0 aliphatic carbocycles. The predicted octanol–water partition coefficient (Wildman–Crippen LogP) is 1.41. The number of ether oxygens (including phenoxy) is 1. The zero-order valence-electron chi connectivity index (χ0n) is 10.1. The molecular weight excluding hydrogens is 222 g/mol. The lowest BCUT2D eigenvalue weighted by Gasteiger charge is -2.38. The number of hydrogen-bond acceptors (Lipinski definition) is 4. The Hall–Kier alpha value is -1.33. The minimum absolute atomic E-state index is 0.206. The Balaban J connectivity index is 1.86. The zero-order chi connectivity index (χ0) is 12.5. The van der Waals surface area contributed by atoms with Crippen LogP contribution in [-0.4, -0.2) is 30.8 Å². The van der Waals surface area contributed by atoms with Gasteiger partial charge in [-0.05, 0) is 13.0 Å². The molecule has 1 aliphatic rings. The van der Waals surface area contributed by atoms with Crippen molar-refractivity contribution in [3.63, 3.8) is 0 Å². The summed E-state index contributed by atoms with van der Waals surface area (Å²) in [5, 5.41) is 12.1. The van der Waals surface area contributed by atoms with Crippen molar-refractivity contribution in [3.05, 3.63) is 23.2 Å². The van der Waals surface area contributed by atoms with E-state index in [0.29, 0.717) is 18.1 Å². The normalized spacial score (nSPS) is 17.8. The van der Waals surface area contributed by atoms with Gasteiger partial charge in [0.15, 0.2) is 0 Å². The Morgan fingerprint density at radius 3 is 2.76 bits per heavy atom. The van der Waals surface area contributed by atoms with Crippen LogP contribution < -0.4 is 5.32 Å². The molecule has 0 saturated carbocycles. The molecule has 2 rings (SSSR count). The van der Waals surface area contributed by atoms with E-state index < -0.39 is 5.97 Å². The molecule has 1 saturated heterocycles. The van der Waals surface area contributed by atoms with Gasteiger partial charge in [0.2, 0.25) is 0 Å². The maximum absolute atomic E-state index is 10.8. The lowest BCUT2D eigenvalue weighted by molar-refractivity contribution is -0.0992. The first-order chi connectivity index (χ1) is 8.00. The highest BCUT2D eigenvalue weighted by Gasteiger charge is 2.32. The third kappa shape index (κ3) is 2.68. The first kappa shape index (κ1) is 12.1. The molecule has 1 aromatic rings. The van der Waals surface area contributed by atoms with Crippen molar-refractivity contribution in [1.82, 2.24) is 5.32 Å². The summed E-state index contributed by atoms with van der Waals surface area (Å²) in [5.74, 6) is 0.160. The summed E-state index contributed by atoms with van der Waals surface area (Å²) in [7, 11) is 0. The fourth-order valence-electron chi connectivity index (χ4n) is 1.88. The lowest BCUT2D eigenvalue weighted by atomic mass is 9.89. The van der Waals surface area contributed by atoms with Gasteiger partial charge >= 0.3 is 5.97 Å². The average Bonchev–Trinajstić information content (AvgIpc) is 2.57. The quantitative estimate of drug-likeness (QED) is 0.813. The van der Waals surface area contributed by atoms with E-state index in [1.807, 2.05) is 0 Å². The van der Waals surface area contributed by atoms with E-state index in [1.54, 1.807) is 13.0 Å². The van der Waals surface area contributed by atoms with Crippen LogP contribution in [0.25, 0.3) is 0 Å². The number of aryl methyl sites for hydroxylation is 1. The van der Waals surface area contributed by atoms with E-state index in [0.717, 1.165) is 19.8 Å². The summed E-state index contributed by atoms with van der Waals surface area (Å²) >= 11 is 0. The SMILES string of the molecule is Cc1oc(CNCC2(C)COC2)cc1C(=O)O. The van der Waals surface area contributed by atoms with Crippen LogP contribution in [0.2, 0.25) is 0 Å². The number of carbonyl (C=O) groups is 1. The van der Waals surface area contributed by atoms with Gasteiger partial charge in [0.05, 0.1) is 19.8 Å². The van der Waals surface area contributed by atoms with E-state index in [9.17, 15) is 4.79 Å². The van der Waals surface area contributed by atoms with Crippen molar-refractivity contribution < 1.29 is 19.1 Å². The van der Waals surface area contributed by atoms with Crippen LogP contribution in [0.15, 0.2) is 10.5 Å². The third-order valence-corrected chi connectivity index (χ3v) is 2.95. The first-order valence-corrected chi connectivity index (χ1v) is 5.61. The monoisotopic (exact) mass is 239 g/mol. The fraction of sp³-hybridized carbons (Fsp3) is 0.583. The summed E-state index contributed by atoms with van der Waals surface area (Å²) in [6.07, 6.45) is 0. The van der Waals surface area contributed by atoms with Gasteiger partial charge in [-0.3, -0.25) is 0 Å². The summed E-state index contributed by atoms with van der Waals surface area (Å²) in [6, 6.07) is 1.57. The van der Waals surface area contributed by atoms with Crippen molar-refractivity contribution in [2.45, 2.75) is 20.4 Å². The largest absolute Gasteiger partial charge is 0.478 e. The first-order valence-electron chi connectivity index (χ1n) is 5.61. The van der Waals surface area contributed by atoms with Crippen molar-refractivity contribution >= 4 is 5.97 Å². The van der Waals surface area contributed by atoms with Crippen LogP contribution in [0.1, 0.15) is 28.8 Å². The molecule has 94 valence electrons. The average molecular weight is 239 g/mol. The van der Waals surface area contributed by atoms with Crippen LogP contribution >= 0.6 is 0 Å². The maximum atomic E-state index is 10.8. The number of aromatic carboxylic acids is 1. The second-order valence-corrected chi connectivity index (χ2v) is 4.89. The van der Waals surface area contributed by atoms with Crippen LogP contribution in [0.5, 0.6) is 0 Å². The van der Waals surface area contributed by atoms with Crippen LogP contribution in [0.3, 0.4) is 0 Å². The smallest absolute Gasteiger partial charge is 0.339 e. The van der Waals surface area contributed by atoms with Crippen molar-refractivity contribution in [1.29, 1.82) is 0 Å². The number of carboxylic acids is 1. The Labute approximate surface area is 99.8 Å². The van der Waals surface area contributed by atoms with E-state index in [2.05, 4.69) is 12.2 Å². The van der Waals surface area contributed by atoms with Crippen molar-refractivity contribution in [2.75, 3.05) is 19.8 Å². The molecule has 0 atom stereocenters. The van der Waals surface area contributed by atoms with Crippen molar-refractivity contribution in [3.8, 4) is 0 Å². The van der Waals surface area contributed by atoms with Gasteiger partial charge in [0.1, 0.15) is 17.1 Å². The minimum atomic E-state index is -0.947. The van der Waals surface area contributed by atoms with Gasteiger partial charge in [-0.1, -0.05) is 6.92 Å². The molecule has 1 aromatic heterocycles. The standard InChI is InChI=1S/C12H17NO4/c1-8-10(11(14)15)3-9(17-8)4-13-5-12(2)6-16-7-12/h3,13H,4-7H2,1-2H3,(H,14,15). The Morgan fingerprint density at radius 1 is 1.59 bits per heavy atom. The van der Waals surface area contributed by atoms with E-state index in [1.165, 1.54) is 0 Å². The van der Waals surface area contributed by atoms with E-state index in [-0.39, 0.29) is 11.0 Å². The molecule has 5 nitrogen and oxygen atoms in total. The molecule has 2 N–H and O–H groups in total. The Morgan fingerprint density at radius 2 is 2.29 bits per heavy atom. The van der Waals surface area contributed by atoms with Gasteiger partial charge in [-0.2, -0.15) is 0 Å². The maximum Gasteiger partial charge on any atom is 0.339 e. The molecule has 1 fully saturated rings. The van der Waals surface area contributed by atoms with E-state index in [4.69, 9.17) is 14.3 Å². The molecule has 2 heterocycles. The zero-order valence-corrected chi connectivity index (χ0v) is 10.1. The molecule has 0 amide bonds. The number of carboxylic acid groups (broad SMARTS) is 1. The van der Waals surface area contributed by atoms with Crippen molar-refractivity contribution in [2.24, 2.45) is 5.41 Å². The van der Waals surface area contributed by atoms with Gasteiger partial charge in [-0.25, -0.2) is 4.79 Å². The lowest BCUT2D eigenvalue weighted by Crippen LogP contribution is -2.47. The van der Waals surface area contributed by atoms with Crippen LogP contribution in [0.4, 0.5) is 0 Å². The molecule has 0 radical (unpaired) electrons. The topological polar surface area (TPSA) is 71.7 Å². The molecule has 1 aliphatic heterocycles. The third-order valence-electron chi connectivity index (χ3n) is 2.95. The second kappa shape index (κ2) is 4.50.